The molecule has 0 saturated heterocycles. The van der Waals surface area contributed by atoms with Gasteiger partial charge in [-0.15, -0.1) is 20.7 Å². The van der Waals surface area contributed by atoms with Crippen molar-refractivity contribution >= 4 is 33.7 Å². The molecular formula is C28H32N2O3S2. The highest BCUT2D eigenvalue weighted by Crippen LogP contribution is 2.41. The van der Waals surface area contributed by atoms with Crippen molar-refractivity contribution in [3.8, 4) is 16.2 Å². The summed E-state index contributed by atoms with van der Waals surface area (Å²) in [5.41, 5.74) is 5.31. The predicted octanol–water partition coefficient (Wildman–Crippen LogP) is 7.02. The summed E-state index contributed by atoms with van der Waals surface area (Å²) in [5, 5.41) is 2.71. The maximum Gasteiger partial charge on any atom is 0.260 e. The number of hydrogen-bond acceptors (Lipinski definition) is 7. The summed E-state index contributed by atoms with van der Waals surface area (Å²) in [6, 6.07) is 25.9. The average molecular weight is 509 g/mol. The second-order valence-electron chi connectivity index (χ2n) is 8.94. The topological polar surface area (TPSA) is 34.2 Å². The van der Waals surface area contributed by atoms with Crippen LogP contribution in [-0.2, 0) is 22.2 Å². The quantitative estimate of drug-likeness (QED) is 0.0885. The van der Waals surface area contributed by atoms with Crippen LogP contribution in [0.2, 0.25) is 0 Å². The van der Waals surface area contributed by atoms with Crippen LogP contribution in [0.15, 0.2) is 72.8 Å². The largest absolute Gasteiger partial charge is 0.399 e. The first-order valence-electron chi connectivity index (χ1n) is 11.7. The molecule has 0 radical (unpaired) electrons. The van der Waals surface area contributed by atoms with E-state index in [0.29, 0.717) is 0 Å². The molecule has 0 bridgehead atoms. The number of hydrogen-bond donors (Lipinski definition) is 0. The minimum Gasteiger partial charge on any atom is -0.399 e. The summed E-state index contributed by atoms with van der Waals surface area (Å²) in [7, 11) is 7.73. The molecule has 0 saturated carbocycles. The molecule has 5 nitrogen and oxygen atoms in total. The molecule has 0 fully saturated rings. The number of benzene rings is 3. The third kappa shape index (κ3) is 7.30. The Hall–Kier alpha value is -2.39. The molecule has 0 N–H and O–H groups in total. The van der Waals surface area contributed by atoms with Crippen LogP contribution in [-0.4, -0.2) is 44.7 Å². The van der Waals surface area contributed by atoms with Crippen molar-refractivity contribution in [2.45, 2.75) is 19.3 Å². The monoisotopic (exact) mass is 508 g/mol. The highest BCUT2D eigenvalue weighted by atomic mass is 32.2. The van der Waals surface area contributed by atoms with Crippen molar-refractivity contribution in [2.75, 3.05) is 34.7 Å². The number of nitrogens with zero attached hydrogens (tertiary/aromatic N) is 2. The maximum absolute atomic E-state index is 5.64. The SMILES string of the molecule is CN(C)CCCc1ccc(Cc2c(-c3ccccc3)sc3cc(OSOON(C)C)ccc23)cc1. The van der Waals surface area contributed by atoms with Crippen molar-refractivity contribution in [1.29, 1.82) is 0 Å². The van der Waals surface area contributed by atoms with Crippen LogP contribution in [0.4, 0.5) is 0 Å². The number of fused-ring (bicyclic) bond motifs is 1. The molecule has 0 atom stereocenters. The van der Waals surface area contributed by atoms with Gasteiger partial charge in [0.15, 0.2) is 0 Å². The minimum atomic E-state index is 0.722. The van der Waals surface area contributed by atoms with Gasteiger partial charge in [0.1, 0.15) is 5.75 Å². The third-order valence-corrected chi connectivity index (χ3v) is 7.23. The van der Waals surface area contributed by atoms with Crippen LogP contribution >= 0.6 is 23.7 Å². The lowest BCUT2D eigenvalue weighted by Gasteiger charge is -2.10. The summed E-state index contributed by atoms with van der Waals surface area (Å²) < 4.78 is 11.8. The van der Waals surface area contributed by atoms with Gasteiger partial charge < -0.3 is 9.08 Å². The zero-order valence-corrected chi connectivity index (χ0v) is 22.3. The van der Waals surface area contributed by atoms with E-state index in [2.05, 4.69) is 85.7 Å². The Morgan fingerprint density at radius 1 is 0.857 bits per heavy atom. The fourth-order valence-electron chi connectivity index (χ4n) is 3.93. The molecule has 0 unspecified atom stereocenters. The van der Waals surface area contributed by atoms with Gasteiger partial charge in [-0.3, -0.25) is 0 Å². The van der Waals surface area contributed by atoms with E-state index in [1.165, 1.54) is 48.7 Å². The van der Waals surface area contributed by atoms with Crippen molar-refractivity contribution in [3.63, 3.8) is 0 Å². The van der Waals surface area contributed by atoms with Gasteiger partial charge in [0.25, 0.3) is 12.3 Å². The Bertz CT molecular complexity index is 1210. The zero-order valence-electron chi connectivity index (χ0n) is 20.7. The molecule has 0 aliphatic heterocycles. The molecule has 0 spiro atoms. The van der Waals surface area contributed by atoms with Crippen molar-refractivity contribution in [2.24, 2.45) is 0 Å². The highest BCUT2D eigenvalue weighted by Gasteiger charge is 2.15. The van der Waals surface area contributed by atoms with Crippen molar-refractivity contribution in [3.05, 3.63) is 89.5 Å². The second-order valence-corrected chi connectivity index (χ2v) is 10.4. The normalized spacial score (nSPS) is 11.6. The van der Waals surface area contributed by atoms with E-state index in [1.54, 1.807) is 25.4 Å². The average Bonchev–Trinajstić information content (AvgIpc) is 3.20. The Morgan fingerprint density at radius 2 is 1.60 bits per heavy atom. The van der Waals surface area contributed by atoms with E-state index in [0.717, 1.165) is 37.5 Å². The van der Waals surface area contributed by atoms with Gasteiger partial charge in [0.2, 0.25) is 0 Å². The smallest absolute Gasteiger partial charge is 0.260 e. The number of thiophene rings is 1. The van der Waals surface area contributed by atoms with E-state index < -0.39 is 0 Å². The zero-order chi connectivity index (χ0) is 24.6. The standard InChI is InChI=1S/C28H32N2O3S2/c1-29(2)18-8-9-21-12-14-22(15-13-21)19-26-25-17-16-24(31-35-33-32-30(3)4)20-27(25)34-28(26)23-10-6-5-7-11-23/h5-7,10-17,20H,8-9,18-19H2,1-4H3. The molecule has 0 amide bonds. The Morgan fingerprint density at radius 3 is 2.31 bits per heavy atom. The number of rotatable bonds is 12. The first-order valence-corrected chi connectivity index (χ1v) is 13.2. The molecule has 184 valence electrons. The molecule has 4 rings (SSSR count). The maximum atomic E-state index is 5.64. The first-order chi connectivity index (χ1) is 17.0. The van der Waals surface area contributed by atoms with Gasteiger partial charge in [-0.2, -0.15) is 5.06 Å². The Labute approximate surface area is 216 Å². The minimum absolute atomic E-state index is 0.722. The van der Waals surface area contributed by atoms with Gasteiger partial charge in [0, 0.05) is 23.7 Å². The summed E-state index contributed by atoms with van der Waals surface area (Å²) >= 11 is 2.60. The Balaban J connectivity index is 1.56. The molecule has 0 aliphatic rings. The van der Waals surface area contributed by atoms with E-state index in [4.69, 9.17) is 13.5 Å². The van der Waals surface area contributed by atoms with Crippen LogP contribution < -0.4 is 4.18 Å². The van der Waals surface area contributed by atoms with Gasteiger partial charge in [-0.1, -0.05) is 54.6 Å². The number of hydroxylamine groups is 2. The molecule has 35 heavy (non-hydrogen) atoms. The van der Waals surface area contributed by atoms with Gasteiger partial charge in [-0.25, -0.2) is 0 Å². The molecule has 1 heterocycles. The Kier molecular flexibility index (Phi) is 9.20. The molecule has 4 aromatic rings. The van der Waals surface area contributed by atoms with E-state index in [9.17, 15) is 0 Å². The van der Waals surface area contributed by atoms with E-state index in [1.807, 2.05) is 6.07 Å². The summed E-state index contributed by atoms with van der Waals surface area (Å²) in [6.45, 7) is 1.11. The summed E-state index contributed by atoms with van der Waals surface area (Å²) in [6.07, 6.45) is 3.17. The predicted molar refractivity (Wildman–Crippen MR) is 147 cm³/mol. The molecular weight excluding hydrogens is 476 g/mol. The van der Waals surface area contributed by atoms with Crippen LogP contribution in [0, 0.1) is 0 Å². The van der Waals surface area contributed by atoms with Gasteiger partial charge in [0.05, 0.1) is 0 Å². The van der Waals surface area contributed by atoms with Crippen LogP contribution in [0.1, 0.15) is 23.1 Å². The lowest BCUT2D eigenvalue weighted by molar-refractivity contribution is -0.342. The van der Waals surface area contributed by atoms with Crippen molar-refractivity contribution in [1.82, 2.24) is 9.96 Å². The molecule has 7 heteroatoms. The van der Waals surface area contributed by atoms with E-state index in [-0.39, 0.29) is 0 Å². The number of aryl methyl sites for hydroxylation is 1. The van der Waals surface area contributed by atoms with Crippen LogP contribution in [0.5, 0.6) is 5.75 Å². The fraction of sp³-hybridized carbons (Fsp3) is 0.286. The molecule has 1 aromatic heterocycles. The van der Waals surface area contributed by atoms with Crippen LogP contribution in [0.3, 0.4) is 0 Å². The van der Waals surface area contributed by atoms with Crippen LogP contribution in [0.25, 0.3) is 20.5 Å². The van der Waals surface area contributed by atoms with Gasteiger partial charge >= 0.3 is 0 Å². The van der Waals surface area contributed by atoms with Crippen molar-refractivity contribution < 1.29 is 13.5 Å². The lowest BCUT2D eigenvalue weighted by Crippen LogP contribution is -2.13. The third-order valence-electron chi connectivity index (χ3n) is 5.61. The second kappa shape index (κ2) is 12.5. The summed E-state index contributed by atoms with van der Waals surface area (Å²) in [4.78, 5) is 8.45. The summed E-state index contributed by atoms with van der Waals surface area (Å²) in [5.74, 6) is 0.722. The molecule has 3 aromatic carbocycles. The first kappa shape index (κ1) is 25.7. The highest BCUT2D eigenvalue weighted by molar-refractivity contribution is 7.90. The van der Waals surface area contributed by atoms with E-state index >= 15 is 0 Å². The molecule has 0 aliphatic carbocycles. The van der Waals surface area contributed by atoms with Gasteiger partial charge in [-0.05, 0) is 85.7 Å². The lowest BCUT2D eigenvalue weighted by atomic mass is 9.97. The fourth-order valence-corrected chi connectivity index (χ4v) is 5.55.